The average molecular weight is 602 g/mol. The van der Waals surface area contributed by atoms with E-state index in [2.05, 4.69) is 57.6 Å². The van der Waals surface area contributed by atoms with Gasteiger partial charge in [0.25, 0.3) is 0 Å². The molecule has 220 valence electrons. The number of nitrogens with zero attached hydrogens (tertiary/aromatic N) is 8. The van der Waals surface area contributed by atoms with Gasteiger partial charge < -0.3 is 19.9 Å². The fourth-order valence-corrected chi connectivity index (χ4v) is 5.34. The molecule has 0 saturated carbocycles. The predicted octanol–water partition coefficient (Wildman–Crippen LogP) is 5.65. The highest BCUT2D eigenvalue weighted by molar-refractivity contribution is 6.32. The Morgan fingerprint density at radius 2 is 1.98 bits per heavy atom. The molecular weight excluding hydrogens is 573 g/mol. The smallest absolute Gasteiger partial charge is 0.246 e. The van der Waals surface area contributed by atoms with Crippen LogP contribution in [-0.4, -0.2) is 66.0 Å². The van der Waals surface area contributed by atoms with Gasteiger partial charge in [0.15, 0.2) is 17.3 Å². The van der Waals surface area contributed by atoms with E-state index in [1.807, 2.05) is 17.0 Å². The van der Waals surface area contributed by atoms with Gasteiger partial charge >= 0.3 is 0 Å². The van der Waals surface area contributed by atoms with E-state index in [-0.39, 0.29) is 33.8 Å². The van der Waals surface area contributed by atoms with Crippen molar-refractivity contribution in [2.24, 2.45) is 5.41 Å². The van der Waals surface area contributed by atoms with Crippen molar-refractivity contribution in [1.82, 2.24) is 34.4 Å². The number of ether oxygens (including phenoxy) is 1. The van der Waals surface area contributed by atoms with Crippen LogP contribution in [0.3, 0.4) is 0 Å². The summed E-state index contributed by atoms with van der Waals surface area (Å²) in [4.78, 5) is 34.3. The van der Waals surface area contributed by atoms with Crippen molar-refractivity contribution in [3.05, 3.63) is 78.7 Å². The van der Waals surface area contributed by atoms with Gasteiger partial charge in [-0.1, -0.05) is 39.0 Å². The first-order chi connectivity index (χ1) is 20.6. The van der Waals surface area contributed by atoms with Crippen LogP contribution in [0.2, 0.25) is 5.02 Å². The molecule has 11 nitrogen and oxygen atoms in total. The third kappa shape index (κ3) is 5.53. The topological polar surface area (TPSA) is 114 Å². The standard InChI is InChI=1S/C30H29ClFN9O2/c1-5-25(42)40-13-12-39(15-22(40)30(2,3)4)23-9-7-20-28(38-23)29(35-16-33-20)37-19-6-8-21(26(31)27(19)32)43-18-10-11-41-24(14-18)34-17-36-41/h5-11,14,16-17,22H,1,12-13,15H2,2-4H3,(H,33,35,37). The summed E-state index contributed by atoms with van der Waals surface area (Å²) in [6.07, 6.45) is 5.86. The normalized spacial score (nSPS) is 15.6. The molecule has 1 saturated heterocycles. The van der Waals surface area contributed by atoms with E-state index in [9.17, 15) is 4.79 Å². The number of halogens is 2. The second-order valence-corrected chi connectivity index (χ2v) is 11.6. The van der Waals surface area contributed by atoms with E-state index in [0.717, 1.165) is 0 Å². The van der Waals surface area contributed by atoms with E-state index >= 15 is 4.39 Å². The molecule has 1 fully saturated rings. The molecule has 1 aliphatic heterocycles. The number of amides is 1. The lowest BCUT2D eigenvalue weighted by Gasteiger charge is -2.47. The molecule has 4 aromatic heterocycles. The maximum atomic E-state index is 15.5. The predicted molar refractivity (Wildman–Crippen MR) is 162 cm³/mol. The molecule has 1 aromatic carbocycles. The van der Waals surface area contributed by atoms with Gasteiger partial charge in [-0.2, -0.15) is 5.10 Å². The first-order valence-corrected chi connectivity index (χ1v) is 14.0. The number of piperazine rings is 1. The van der Waals surface area contributed by atoms with Crippen molar-refractivity contribution in [2.75, 3.05) is 29.9 Å². The van der Waals surface area contributed by atoms with Gasteiger partial charge in [-0.05, 0) is 41.8 Å². The Bertz CT molecular complexity index is 1860. The number of benzene rings is 1. The monoisotopic (exact) mass is 601 g/mol. The Kier molecular flexibility index (Phi) is 7.30. The molecule has 1 amide bonds. The van der Waals surface area contributed by atoms with Crippen molar-refractivity contribution in [3.63, 3.8) is 0 Å². The molecule has 0 spiro atoms. The molecule has 1 aliphatic rings. The molecule has 1 N–H and O–H groups in total. The number of carbonyl (C=O) groups is 1. The number of hydrogen-bond acceptors (Lipinski definition) is 9. The van der Waals surface area contributed by atoms with Gasteiger partial charge in [-0.25, -0.2) is 28.8 Å². The fraction of sp³-hybridized carbons (Fsp3) is 0.267. The molecule has 0 bridgehead atoms. The van der Waals surface area contributed by atoms with E-state index in [1.54, 1.807) is 28.9 Å². The first-order valence-electron chi connectivity index (χ1n) is 13.6. The van der Waals surface area contributed by atoms with Crippen molar-refractivity contribution in [2.45, 2.75) is 26.8 Å². The van der Waals surface area contributed by atoms with Crippen molar-refractivity contribution >= 4 is 51.5 Å². The Morgan fingerprint density at radius 1 is 1.14 bits per heavy atom. The van der Waals surface area contributed by atoms with Gasteiger partial charge in [0.2, 0.25) is 5.91 Å². The quantitative estimate of drug-likeness (QED) is 0.247. The number of anilines is 3. The second-order valence-electron chi connectivity index (χ2n) is 11.2. The Morgan fingerprint density at radius 3 is 2.77 bits per heavy atom. The molecule has 0 aliphatic carbocycles. The lowest BCUT2D eigenvalue weighted by atomic mass is 9.84. The molecular formula is C30H29ClFN9O2. The summed E-state index contributed by atoms with van der Waals surface area (Å²) in [5.41, 5.74) is 1.57. The summed E-state index contributed by atoms with van der Waals surface area (Å²) in [7, 11) is 0. The lowest BCUT2D eigenvalue weighted by Crippen LogP contribution is -2.59. The van der Waals surface area contributed by atoms with Crippen LogP contribution in [0.1, 0.15) is 20.8 Å². The number of pyridine rings is 2. The molecule has 1 unspecified atom stereocenters. The molecule has 13 heteroatoms. The highest BCUT2D eigenvalue weighted by Gasteiger charge is 2.37. The molecule has 0 radical (unpaired) electrons. The minimum Gasteiger partial charge on any atom is -0.455 e. The van der Waals surface area contributed by atoms with Gasteiger partial charge in [0.05, 0.1) is 17.2 Å². The van der Waals surface area contributed by atoms with Gasteiger partial charge in [-0.3, -0.25) is 4.79 Å². The summed E-state index contributed by atoms with van der Waals surface area (Å²) >= 11 is 6.39. The zero-order chi connectivity index (χ0) is 30.3. The van der Waals surface area contributed by atoms with Crippen molar-refractivity contribution in [3.8, 4) is 11.5 Å². The first kappa shape index (κ1) is 28.3. The summed E-state index contributed by atoms with van der Waals surface area (Å²) in [5, 5.41) is 6.88. The van der Waals surface area contributed by atoms with E-state index in [1.165, 1.54) is 24.8 Å². The van der Waals surface area contributed by atoms with E-state index < -0.39 is 5.82 Å². The third-order valence-corrected chi connectivity index (χ3v) is 7.76. The Hall–Kier alpha value is -4.84. The number of rotatable bonds is 6. The molecule has 1 atom stereocenters. The van der Waals surface area contributed by atoms with Crippen LogP contribution < -0.4 is 15.0 Å². The average Bonchev–Trinajstić information content (AvgIpc) is 3.48. The largest absolute Gasteiger partial charge is 0.455 e. The second kappa shape index (κ2) is 11.1. The van der Waals surface area contributed by atoms with Gasteiger partial charge in [-0.15, -0.1) is 0 Å². The van der Waals surface area contributed by atoms with Gasteiger partial charge in [0.1, 0.15) is 40.5 Å². The molecule has 5 aromatic rings. The van der Waals surface area contributed by atoms with Crippen LogP contribution in [0.25, 0.3) is 16.7 Å². The molecule has 43 heavy (non-hydrogen) atoms. The number of hydrogen-bond donors (Lipinski definition) is 1. The number of fused-ring (bicyclic) bond motifs is 2. The fourth-order valence-electron chi connectivity index (χ4n) is 5.13. The Labute approximate surface area is 252 Å². The van der Waals surface area contributed by atoms with Crippen LogP contribution in [0.4, 0.5) is 21.7 Å². The minimum absolute atomic E-state index is 0.0517. The minimum atomic E-state index is -0.707. The van der Waals surface area contributed by atoms with E-state index in [4.69, 9.17) is 21.3 Å². The van der Waals surface area contributed by atoms with Crippen LogP contribution in [-0.2, 0) is 4.79 Å². The van der Waals surface area contributed by atoms with Crippen molar-refractivity contribution in [1.29, 1.82) is 0 Å². The van der Waals surface area contributed by atoms with Crippen molar-refractivity contribution < 1.29 is 13.9 Å². The number of nitrogens with one attached hydrogen (secondary N) is 1. The van der Waals surface area contributed by atoms with Crippen LogP contribution >= 0.6 is 11.6 Å². The maximum absolute atomic E-state index is 15.5. The van der Waals surface area contributed by atoms with Crippen LogP contribution in [0, 0.1) is 11.2 Å². The SMILES string of the molecule is C=CC(=O)N1CCN(c2ccc3ncnc(Nc4ccc(Oc5ccn6ncnc6c5)c(Cl)c4F)c3n2)CC1C(C)(C)C. The van der Waals surface area contributed by atoms with Crippen LogP contribution in [0.15, 0.2) is 67.9 Å². The zero-order valence-corrected chi connectivity index (χ0v) is 24.6. The summed E-state index contributed by atoms with van der Waals surface area (Å²) in [6, 6.07) is 10.1. The summed E-state index contributed by atoms with van der Waals surface area (Å²) in [6.45, 7) is 11.7. The van der Waals surface area contributed by atoms with Gasteiger partial charge in [0, 0.05) is 31.9 Å². The summed E-state index contributed by atoms with van der Waals surface area (Å²) < 4.78 is 22.9. The van der Waals surface area contributed by atoms with Crippen LogP contribution in [0.5, 0.6) is 11.5 Å². The lowest BCUT2D eigenvalue weighted by molar-refractivity contribution is -0.131. The third-order valence-electron chi connectivity index (χ3n) is 7.41. The zero-order valence-electron chi connectivity index (χ0n) is 23.8. The Balaban J connectivity index is 1.26. The van der Waals surface area contributed by atoms with E-state index in [0.29, 0.717) is 53.7 Å². The highest BCUT2D eigenvalue weighted by atomic mass is 35.5. The maximum Gasteiger partial charge on any atom is 0.246 e. The molecule has 6 rings (SSSR count). The number of aromatic nitrogens is 6. The highest BCUT2D eigenvalue weighted by Crippen LogP contribution is 2.37. The summed E-state index contributed by atoms with van der Waals surface area (Å²) in [5.74, 6) is 0.812. The number of carbonyl (C=O) groups excluding carboxylic acids is 1. The molecule has 5 heterocycles.